The second-order valence-corrected chi connectivity index (χ2v) is 6.83. The Labute approximate surface area is 129 Å². The zero-order valence-corrected chi connectivity index (χ0v) is 14.5. The molecule has 21 heavy (non-hydrogen) atoms. The zero-order valence-electron chi connectivity index (χ0n) is 14.5. The lowest BCUT2D eigenvalue weighted by Gasteiger charge is -2.34. The van der Waals surface area contributed by atoms with Gasteiger partial charge in [0.15, 0.2) is 5.84 Å². The fourth-order valence-electron chi connectivity index (χ4n) is 2.04. The van der Waals surface area contributed by atoms with Gasteiger partial charge in [-0.25, -0.2) is 0 Å². The molecule has 0 radical (unpaired) electrons. The molecule has 5 nitrogen and oxygen atoms in total. The van der Waals surface area contributed by atoms with Gasteiger partial charge < -0.3 is 15.8 Å². The van der Waals surface area contributed by atoms with E-state index >= 15 is 0 Å². The summed E-state index contributed by atoms with van der Waals surface area (Å²) in [6.07, 6.45) is 2.43. The molecule has 124 valence electrons. The quantitative estimate of drug-likeness (QED) is 0.297. The summed E-state index contributed by atoms with van der Waals surface area (Å²) in [5.74, 6) is 1.03. The number of oxime groups is 1. The second-order valence-electron chi connectivity index (χ2n) is 6.83. The molecule has 0 aliphatic rings. The van der Waals surface area contributed by atoms with E-state index in [0.717, 1.165) is 25.9 Å². The van der Waals surface area contributed by atoms with Gasteiger partial charge in [-0.2, -0.15) is 0 Å². The van der Waals surface area contributed by atoms with Gasteiger partial charge in [-0.15, -0.1) is 0 Å². The molecule has 0 rings (SSSR count). The van der Waals surface area contributed by atoms with Crippen molar-refractivity contribution in [2.24, 2.45) is 28.1 Å². The van der Waals surface area contributed by atoms with Gasteiger partial charge in [0.1, 0.15) is 5.41 Å². The number of amides is 1. The van der Waals surface area contributed by atoms with Gasteiger partial charge in [0.05, 0.1) is 0 Å². The van der Waals surface area contributed by atoms with Crippen molar-refractivity contribution in [2.45, 2.75) is 60.8 Å². The highest BCUT2D eigenvalue weighted by molar-refractivity contribution is 6.06. The number of carbonyl (C=O) groups is 1. The molecule has 0 bridgehead atoms. The van der Waals surface area contributed by atoms with Gasteiger partial charge in [0.25, 0.3) is 0 Å². The maximum absolute atomic E-state index is 12.9. The second kappa shape index (κ2) is 8.90. The van der Waals surface area contributed by atoms with Crippen LogP contribution in [0.3, 0.4) is 0 Å². The van der Waals surface area contributed by atoms with Crippen LogP contribution in [-0.4, -0.2) is 34.9 Å². The highest BCUT2D eigenvalue weighted by atomic mass is 16.4. The number of hydrogen-bond donors (Lipinski definition) is 2. The third-order valence-corrected chi connectivity index (χ3v) is 4.09. The van der Waals surface area contributed by atoms with Crippen molar-refractivity contribution >= 4 is 11.7 Å². The fraction of sp³-hybridized carbons (Fsp3) is 0.875. The predicted molar refractivity (Wildman–Crippen MR) is 87.3 cm³/mol. The molecule has 0 saturated heterocycles. The number of amidine groups is 1. The minimum absolute atomic E-state index is 0.00547. The van der Waals surface area contributed by atoms with Crippen molar-refractivity contribution in [1.29, 1.82) is 0 Å². The highest BCUT2D eigenvalue weighted by Gasteiger charge is 2.39. The maximum Gasteiger partial charge on any atom is 0.236 e. The molecule has 1 atom stereocenters. The average molecular weight is 299 g/mol. The summed E-state index contributed by atoms with van der Waals surface area (Å²) in [4.78, 5) is 14.8. The Morgan fingerprint density at radius 2 is 1.62 bits per heavy atom. The standard InChI is InChI=1S/C16H33N3O2/c1-7-16(6,14(17)18-21)15(20)19(10-8-12(2)3)11-9-13(4)5/h12-13,21H,7-11H2,1-6H3,(H2,17,18). The number of nitrogens with two attached hydrogens (primary N) is 1. The third-order valence-electron chi connectivity index (χ3n) is 4.09. The molecule has 0 fully saturated rings. The summed E-state index contributed by atoms with van der Waals surface area (Å²) in [6.45, 7) is 13.7. The molecule has 0 aromatic rings. The summed E-state index contributed by atoms with van der Waals surface area (Å²) in [6, 6.07) is 0. The molecule has 0 heterocycles. The van der Waals surface area contributed by atoms with Gasteiger partial charge in [-0.1, -0.05) is 39.8 Å². The summed E-state index contributed by atoms with van der Waals surface area (Å²) in [5, 5.41) is 12.0. The summed E-state index contributed by atoms with van der Waals surface area (Å²) in [7, 11) is 0. The first kappa shape index (κ1) is 19.7. The van der Waals surface area contributed by atoms with Crippen molar-refractivity contribution in [3.05, 3.63) is 0 Å². The molecular formula is C16H33N3O2. The first-order valence-electron chi connectivity index (χ1n) is 7.96. The van der Waals surface area contributed by atoms with Crippen LogP contribution in [0.1, 0.15) is 60.8 Å². The minimum atomic E-state index is -0.928. The molecule has 0 aromatic heterocycles. The molecular weight excluding hydrogens is 266 g/mol. The number of hydrogen-bond acceptors (Lipinski definition) is 3. The van der Waals surface area contributed by atoms with Crippen LogP contribution in [0.2, 0.25) is 0 Å². The van der Waals surface area contributed by atoms with Crippen LogP contribution in [0.25, 0.3) is 0 Å². The molecule has 1 unspecified atom stereocenters. The van der Waals surface area contributed by atoms with Crippen molar-refractivity contribution < 1.29 is 10.0 Å². The van der Waals surface area contributed by atoms with E-state index in [1.165, 1.54) is 0 Å². The van der Waals surface area contributed by atoms with E-state index in [4.69, 9.17) is 10.9 Å². The summed E-state index contributed by atoms with van der Waals surface area (Å²) >= 11 is 0. The Hall–Kier alpha value is -1.26. The van der Waals surface area contributed by atoms with Gasteiger partial charge in [-0.05, 0) is 38.0 Å². The molecule has 5 heteroatoms. The lowest BCUT2D eigenvalue weighted by Crippen LogP contribution is -2.50. The predicted octanol–water partition coefficient (Wildman–Crippen LogP) is 3.07. The van der Waals surface area contributed by atoms with Gasteiger partial charge >= 0.3 is 0 Å². The molecule has 3 N–H and O–H groups in total. The van der Waals surface area contributed by atoms with E-state index in [1.807, 2.05) is 11.8 Å². The topological polar surface area (TPSA) is 78.9 Å². The Balaban J connectivity index is 5.13. The van der Waals surface area contributed by atoms with Crippen LogP contribution in [-0.2, 0) is 4.79 Å². The lowest BCUT2D eigenvalue weighted by molar-refractivity contribution is -0.138. The molecule has 0 aliphatic carbocycles. The Morgan fingerprint density at radius 1 is 1.19 bits per heavy atom. The normalized spacial score (nSPS) is 15.3. The SMILES string of the molecule is CCC(C)(C(=O)N(CCC(C)C)CCC(C)C)C(N)=NO. The molecule has 0 spiro atoms. The summed E-state index contributed by atoms with van der Waals surface area (Å²) < 4.78 is 0. The monoisotopic (exact) mass is 299 g/mol. The fourth-order valence-corrected chi connectivity index (χ4v) is 2.04. The number of rotatable bonds is 9. The number of carbonyl (C=O) groups excluding carboxylic acids is 1. The smallest absolute Gasteiger partial charge is 0.236 e. The van der Waals surface area contributed by atoms with E-state index in [9.17, 15) is 4.79 Å². The van der Waals surface area contributed by atoms with Gasteiger partial charge in [-0.3, -0.25) is 4.79 Å². The van der Waals surface area contributed by atoms with Crippen LogP contribution in [0.15, 0.2) is 5.16 Å². The highest BCUT2D eigenvalue weighted by Crippen LogP contribution is 2.25. The van der Waals surface area contributed by atoms with E-state index in [1.54, 1.807) is 6.92 Å². The average Bonchev–Trinajstić information content (AvgIpc) is 2.44. The third kappa shape index (κ3) is 5.94. The van der Waals surface area contributed by atoms with Gasteiger partial charge in [0.2, 0.25) is 5.91 Å². The van der Waals surface area contributed by atoms with Crippen molar-refractivity contribution in [2.75, 3.05) is 13.1 Å². The van der Waals surface area contributed by atoms with Gasteiger partial charge in [0, 0.05) is 13.1 Å². The molecule has 0 saturated carbocycles. The van der Waals surface area contributed by atoms with Crippen LogP contribution in [0.5, 0.6) is 0 Å². The van der Waals surface area contributed by atoms with Crippen LogP contribution in [0.4, 0.5) is 0 Å². The summed E-state index contributed by atoms with van der Waals surface area (Å²) in [5.41, 5.74) is 4.84. The molecule has 0 aliphatic heterocycles. The van der Waals surface area contributed by atoms with Crippen LogP contribution < -0.4 is 5.73 Å². The number of nitrogens with zero attached hydrogens (tertiary/aromatic N) is 2. The van der Waals surface area contributed by atoms with Crippen LogP contribution in [0, 0.1) is 17.3 Å². The Kier molecular flexibility index (Phi) is 8.37. The van der Waals surface area contributed by atoms with E-state index < -0.39 is 5.41 Å². The first-order chi connectivity index (χ1) is 9.68. The van der Waals surface area contributed by atoms with E-state index in [-0.39, 0.29) is 11.7 Å². The van der Waals surface area contributed by atoms with Crippen LogP contribution >= 0.6 is 0 Å². The minimum Gasteiger partial charge on any atom is -0.409 e. The first-order valence-corrected chi connectivity index (χ1v) is 7.96. The Bertz CT molecular complexity index is 341. The Morgan fingerprint density at radius 3 is 1.90 bits per heavy atom. The van der Waals surface area contributed by atoms with Crippen molar-refractivity contribution in [3.63, 3.8) is 0 Å². The van der Waals surface area contributed by atoms with Crippen molar-refractivity contribution in [3.8, 4) is 0 Å². The van der Waals surface area contributed by atoms with E-state index in [2.05, 4.69) is 32.9 Å². The molecule has 1 amide bonds. The molecule has 0 aromatic carbocycles. The zero-order chi connectivity index (χ0) is 16.6. The van der Waals surface area contributed by atoms with Crippen molar-refractivity contribution in [1.82, 2.24) is 4.90 Å². The maximum atomic E-state index is 12.9. The lowest BCUT2D eigenvalue weighted by atomic mass is 9.84. The van der Waals surface area contributed by atoms with E-state index in [0.29, 0.717) is 18.3 Å². The largest absolute Gasteiger partial charge is 0.409 e.